The number of carbonyl (C=O) groups excluding carboxylic acids is 2. The van der Waals surface area contributed by atoms with Crippen LogP contribution in [0.1, 0.15) is 0 Å². The van der Waals surface area contributed by atoms with E-state index in [0.29, 0.717) is 24.7 Å². The van der Waals surface area contributed by atoms with Gasteiger partial charge in [0.2, 0.25) is 11.8 Å². The van der Waals surface area contributed by atoms with Crippen LogP contribution >= 0.6 is 11.8 Å². The Morgan fingerprint density at radius 2 is 2.57 bits per heavy atom. The highest BCUT2D eigenvalue weighted by Gasteiger charge is 2.24. The lowest BCUT2D eigenvalue weighted by molar-refractivity contribution is -0.127. The lowest BCUT2D eigenvalue weighted by atomic mass is 10.3. The maximum absolute atomic E-state index is 11.4. The fourth-order valence-electron chi connectivity index (χ4n) is 1.09. The molecule has 6 heteroatoms. The number of hydrogen-bond acceptors (Lipinski definition) is 4. The van der Waals surface area contributed by atoms with Gasteiger partial charge in [-0.1, -0.05) is 0 Å². The smallest absolute Gasteiger partial charge is 0.243 e. The fraction of sp³-hybridized carbons (Fsp3) is 0.750. The number of thioether (sulfide) groups is 1. The minimum atomic E-state index is -0.391. The number of methoxy groups -OCH3 is 1. The van der Waals surface area contributed by atoms with Crippen molar-refractivity contribution >= 4 is 23.6 Å². The topological polar surface area (TPSA) is 67.4 Å². The third-order valence-corrected chi connectivity index (χ3v) is 2.81. The highest BCUT2D eigenvalue weighted by molar-refractivity contribution is 8.00. The van der Waals surface area contributed by atoms with Crippen molar-refractivity contribution in [2.24, 2.45) is 0 Å². The summed E-state index contributed by atoms with van der Waals surface area (Å²) in [5.41, 5.74) is 0. The Labute approximate surface area is 86.9 Å². The van der Waals surface area contributed by atoms with Crippen molar-refractivity contribution in [3.8, 4) is 0 Å². The standard InChI is InChI=1S/C8H14N2O3S/c1-13-3-2-9-8(12)6-4-14-5-7(11)10-6/h6H,2-5H2,1H3,(H,9,12)(H,10,11). The molecule has 80 valence electrons. The zero-order chi connectivity index (χ0) is 10.4. The second-order valence-electron chi connectivity index (χ2n) is 2.92. The lowest BCUT2D eigenvalue weighted by Crippen LogP contribution is -2.51. The van der Waals surface area contributed by atoms with Crippen molar-refractivity contribution < 1.29 is 14.3 Å². The van der Waals surface area contributed by atoms with E-state index in [9.17, 15) is 9.59 Å². The summed E-state index contributed by atoms with van der Waals surface area (Å²) in [5, 5.41) is 5.31. The molecule has 1 atom stereocenters. The van der Waals surface area contributed by atoms with Crippen molar-refractivity contribution in [3.63, 3.8) is 0 Å². The maximum Gasteiger partial charge on any atom is 0.243 e. The minimum absolute atomic E-state index is 0.0758. The highest BCUT2D eigenvalue weighted by atomic mass is 32.2. The Morgan fingerprint density at radius 1 is 1.79 bits per heavy atom. The van der Waals surface area contributed by atoms with Crippen molar-refractivity contribution in [2.45, 2.75) is 6.04 Å². The monoisotopic (exact) mass is 218 g/mol. The molecule has 2 amide bonds. The highest BCUT2D eigenvalue weighted by Crippen LogP contribution is 2.08. The number of amides is 2. The summed E-state index contributed by atoms with van der Waals surface area (Å²) in [7, 11) is 1.57. The molecule has 1 aliphatic rings. The zero-order valence-corrected chi connectivity index (χ0v) is 8.86. The number of ether oxygens (including phenoxy) is 1. The van der Waals surface area contributed by atoms with Gasteiger partial charge in [0, 0.05) is 19.4 Å². The van der Waals surface area contributed by atoms with Gasteiger partial charge in [-0.05, 0) is 0 Å². The molecule has 0 aromatic rings. The van der Waals surface area contributed by atoms with E-state index < -0.39 is 6.04 Å². The summed E-state index contributed by atoms with van der Waals surface area (Å²) >= 11 is 1.47. The number of carbonyl (C=O) groups is 2. The first kappa shape index (κ1) is 11.3. The van der Waals surface area contributed by atoms with Gasteiger partial charge in [-0.2, -0.15) is 0 Å². The van der Waals surface area contributed by atoms with Crippen LogP contribution in [0.15, 0.2) is 0 Å². The molecule has 0 aromatic carbocycles. The molecule has 1 aliphatic heterocycles. The number of rotatable bonds is 4. The van der Waals surface area contributed by atoms with Gasteiger partial charge in [0.1, 0.15) is 6.04 Å². The third kappa shape index (κ3) is 3.55. The molecule has 0 bridgehead atoms. The van der Waals surface area contributed by atoms with Crippen molar-refractivity contribution in [1.29, 1.82) is 0 Å². The molecule has 2 N–H and O–H groups in total. The molecule has 0 radical (unpaired) electrons. The molecule has 14 heavy (non-hydrogen) atoms. The Balaban J connectivity index is 2.25. The van der Waals surface area contributed by atoms with Crippen LogP contribution in [0.3, 0.4) is 0 Å². The Morgan fingerprint density at radius 3 is 3.21 bits per heavy atom. The molecule has 1 rings (SSSR count). The van der Waals surface area contributed by atoms with Crippen LogP contribution in [0, 0.1) is 0 Å². The maximum atomic E-state index is 11.4. The summed E-state index contributed by atoms with van der Waals surface area (Å²) < 4.78 is 4.79. The van der Waals surface area contributed by atoms with E-state index in [-0.39, 0.29) is 11.8 Å². The van der Waals surface area contributed by atoms with Crippen LogP contribution in [-0.4, -0.2) is 49.6 Å². The van der Waals surface area contributed by atoms with E-state index >= 15 is 0 Å². The van der Waals surface area contributed by atoms with E-state index in [2.05, 4.69) is 10.6 Å². The molecule has 1 fully saturated rings. The number of hydrogen-bond donors (Lipinski definition) is 2. The summed E-state index contributed by atoms with van der Waals surface area (Å²) in [4.78, 5) is 22.4. The van der Waals surface area contributed by atoms with E-state index in [1.54, 1.807) is 7.11 Å². The van der Waals surface area contributed by atoms with Gasteiger partial charge in [0.15, 0.2) is 0 Å². The summed E-state index contributed by atoms with van der Waals surface area (Å²) in [6.45, 7) is 0.964. The Hall–Kier alpha value is -0.750. The first-order valence-electron chi connectivity index (χ1n) is 4.38. The van der Waals surface area contributed by atoms with Gasteiger partial charge in [-0.15, -0.1) is 11.8 Å². The summed E-state index contributed by atoms with van der Waals surface area (Å²) in [6.07, 6.45) is 0. The van der Waals surface area contributed by atoms with Gasteiger partial charge in [-0.25, -0.2) is 0 Å². The summed E-state index contributed by atoms with van der Waals surface area (Å²) in [5.74, 6) is 0.877. The van der Waals surface area contributed by atoms with Crippen LogP contribution in [0.2, 0.25) is 0 Å². The van der Waals surface area contributed by atoms with Gasteiger partial charge in [0.25, 0.3) is 0 Å². The number of nitrogens with one attached hydrogen (secondary N) is 2. The molecular weight excluding hydrogens is 204 g/mol. The predicted octanol–water partition coefficient (Wildman–Crippen LogP) is -1.02. The van der Waals surface area contributed by atoms with Crippen LogP contribution in [-0.2, 0) is 14.3 Å². The molecule has 0 aromatic heterocycles. The van der Waals surface area contributed by atoms with Crippen LogP contribution in [0.4, 0.5) is 0 Å². The second kappa shape index (κ2) is 5.87. The lowest BCUT2D eigenvalue weighted by Gasteiger charge is -2.21. The zero-order valence-electron chi connectivity index (χ0n) is 8.04. The van der Waals surface area contributed by atoms with Crippen molar-refractivity contribution in [3.05, 3.63) is 0 Å². The summed E-state index contributed by atoms with van der Waals surface area (Å²) in [6, 6.07) is -0.391. The SMILES string of the molecule is COCCNC(=O)C1CSCC(=O)N1. The fourth-order valence-corrected chi connectivity index (χ4v) is 1.94. The first-order valence-corrected chi connectivity index (χ1v) is 5.53. The van der Waals surface area contributed by atoms with E-state index in [1.807, 2.05) is 0 Å². The first-order chi connectivity index (χ1) is 6.74. The van der Waals surface area contributed by atoms with Crippen molar-refractivity contribution in [1.82, 2.24) is 10.6 Å². The average Bonchev–Trinajstić information content (AvgIpc) is 2.18. The molecule has 0 saturated carbocycles. The van der Waals surface area contributed by atoms with E-state index in [0.717, 1.165) is 0 Å². The van der Waals surface area contributed by atoms with Crippen LogP contribution < -0.4 is 10.6 Å². The molecule has 1 saturated heterocycles. The minimum Gasteiger partial charge on any atom is -0.383 e. The van der Waals surface area contributed by atoms with Crippen LogP contribution in [0.25, 0.3) is 0 Å². The largest absolute Gasteiger partial charge is 0.383 e. The Kier molecular flexibility index (Phi) is 4.75. The van der Waals surface area contributed by atoms with Gasteiger partial charge < -0.3 is 15.4 Å². The van der Waals surface area contributed by atoms with E-state index in [1.165, 1.54) is 11.8 Å². The van der Waals surface area contributed by atoms with Gasteiger partial charge in [0.05, 0.1) is 12.4 Å². The van der Waals surface area contributed by atoms with Gasteiger partial charge in [-0.3, -0.25) is 9.59 Å². The molecule has 1 unspecified atom stereocenters. The predicted molar refractivity (Wildman–Crippen MR) is 54.1 cm³/mol. The Bertz CT molecular complexity index is 223. The molecular formula is C8H14N2O3S. The van der Waals surface area contributed by atoms with E-state index in [4.69, 9.17) is 4.74 Å². The van der Waals surface area contributed by atoms with Gasteiger partial charge >= 0.3 is 0 Å². The molecule has 5 nitrogen and oxygen atoms in total. The van der Waals surface area contributed by atoms with Crippen molar-refractivity contribution in [2.75, 3.05) is 31.8 Å². The molecule has 0 spiro atoms. The normalized spacial score (nSPS) is 21.5. The average molecular weight is 218 g/mol. The second-order valence-corrected chi connectivity index (χ2v) is 3.95. The quantitative estimate of drug-likeness (QED) is 0.593. The molecule has 0 aliphatic carbocycles. The molecule has 1 heterocycles. The third-order valence-electron chi connectivity index (χ3n) is 1.77. The van der Waals surface area contributed by atoms with Crippen LogP contribution in [0.5, 0.6) is 0 Å².